The van der Waals surface area contributed by atoms with Crippen LogP contribution in [0.5, 0.6) is 5.75 Å². The Kier molecular flexibility index (Phi) is 5.61. The molecule has 6 nitrogen and oxygen atoms in total. The van der Waals surface area contributed by atoms with Gasteiger partial charge in [0.15, 0.2) is 0 Å². The fourth-order valence-corrected chi connectivity index (χ4v) is 3.26. The van der Waals surface area contributed by atoms with Gasteiger partial charge in [-0.2, -0.15) is 0 Å². The molecule has 138 valence electrons. The van der Waals surface area contributed by atoms with E-state index in [4.69, 9.17) is 9.15 Å². The van der Waals surface area contributed by atoms with E-state index in [2.05, 4.69) is 0 Å². The Morgan fingerprint density at radius 3 is 2.85 bits per heavy atom. The van der Waals surface area contributed by atoms with Crippen LogP contribution in [0.4, 0.5) is 0 Å². The molecule has 0 radical (unpaired) electrons. The number of likely N-dealkylation sites (tertiary alicyclic amines) is 1. The van der Waals surface area contributed by atoms with Crippen molar-refractivity contribution in [2.45, 2.75) is 26.4 Å². The minimum atomic E-state index is -0.318. The second-order valence-electron chi connectivity index (χ2n) is 6.49. The first-order valence-corrected chi connectivity index (χ1v) is 8.84. The third-order valence-corrected chi connectivity index (χ3v) is 4.55. The third kappa shape index (κ3) is 4.07. The number of para-hydroxylation sites is 1. The summed E-state index contributed by atoms with van der Waals surface area (Å²) in [5, 5.41) is 0. The normalized spacial score (nSPS) is 16.8. The van der Waals surface area contributed by atoms with Gasteiger partial charge in [-0.15, -0.1) is 0 Å². The van der Waals surface area contributed by atoms with Gasteiger partial charge in [-0.3, -0.25) is 9.59 Å². The molecule has 0 spiro atoms. The highest BCUT2D eigenvalue weighted by molar-refractivity contribution is 5.89. The summed E-state index contributed by atoms with van der Waals surface area (Å²) < 4.78 is 10.9. The average Bonchev–Trinajstić information content (AvgIpc) is 3.27. The lowest BCUT2D eigenvalue weighted by Crippen LogP contribution is -2.34. The van der Waals surface area contributed by atoms with Gasteiger partial charge in [0, 0.05) is 32.1 Å². The zero-order valence-electron chi connectivity index (χ0n) is 15.2. The summed E-state index contributed by atoms with van der Waals surface area (Å²) >= 11 is 0. The summed E-state index contributed by atoms with van der Waals surface area (Å²) in [4.78, 5) is 28.4. The lowest BCUT2D eigenvalue weighted by molar-refractivity contribution is -0.135. The number of carbonyl (C=O) groups excluding carboxylic acids is 2. The molecule has 2 heterocycles. The molecule has 0 N–H and O–H groups in total. The Morgan fingerprint density at radius 2 is 2.12 bits per heavy atom. The van der Waals surface area contributed by atoms with E-state index in [0.717, 1.165) is 17.1 Å². The molecule has 0 saturated carbocycles. The molecule has 2 amide bonds. The van der Waals surface area contributed by atoms with E-state index < -0.39 is 0 Å². The van der Waals surface area contributed by atoms with E-state index in [-0.39, 0.29) is 24.2 Å². The molecule has 1 fully saturated rings. The van der Waals surface area contributed by atoms with Crippen molar-refractivity contribution >= 4 is 11.8 Å². The van der Waals surface area contributed by atoms with Crippen LogP contribution in [0.3, 0.4) is 0 Å². The van der Waals surface area contributed by atoms with Crippen LogP contribution in [-0.2, 0) is 22.7 Å². The van der Waals surface area contributed by atoms with Gasteiger partial charge >= 0.3 is 0 Å². The van der Waals surface area contributed by atoms with E-state index in [0.29, 0.717) is 26.2 Å². The van der Waals surface area contributed by atoms with Crippen LogP contribution in [0.25, 0.3) is 0 Å². The molecule has 3 rings (SSSR count). The molecule has 0 bridgehead atoms. The highest BCUT2D eigenvalue weighted by Crippen LogP contribution is 2.24. The molecular formula is C20H24N2O4. The number of hydrogen-bond donors (Lipinski definition) is 0. The van der Waals surface area contributed by atoms with Crippen molar-refractivity contribution in [1.29, 1.82) is 0 Å². The van der Waals surface area contributed by atoms with E-state index in [1.807, 2.05) is 37.3 Å². The fourth-order valence-electron chi connectivity index (χ4n) is 3.26. The van der Waals surface area contributed by atoms with Crippen LogP contribution < -0.4 is 4.74 Å². The summed E-state index contributed by atoms with van der Waals surface area (Å²) in [6.45, 7) is 3.80. The van der Waals surface area contributed by atoms with Crippen molar-refractivity contribution in [2.75, 3.05) is 20.2 Å². The largest absolute Gasteiger partial charge is 0.494 e. The molecule has 1 aromatic carbocycles. The first-order chi connectivity index (χ1) is 12.6. The fraction of sp³-hybridized carbons (Fsp3) is 0.400. The zero-order chi connectivity index (χ0) is 18.5. The van der Waals surface area contributed by atoms with Gasteiger partial charge in [-0.05, 0) is 25.1 Å². The average molecular weight is 356 g/mol. The zero-order valence-corrected chi connectivity index (χ0v) is 15.2. The second-order valence-corrected chi connectivity index (χ2v) is 6.49. The maximum Gasteiger partial charge on any atom is 0.228 e. The predicted molar refractivity (Wildman–Crippen MR) is 96.3 cm³/mol. The number of furan rings is 1. The first kappa shape index (κ1) is 18.0. The SMILES string of the molecule is CCOc1ccccc1CN(C)C(=O)C1CC(=O)N(Cc2ccco2)C1. The molecule has 6 heteroatoms. The van der Waals surface area contributed by atoms with Gasteiger partial charge in [0.05, 0.1) is 25.3 Å². The number of nitrogens with zero attached hydrogens (tertiary/aromatic N) is 2. The van der Waals surface area contributed by atoms with Gasteiger partial charge in [-0.25, -0.2) is 0 Å². The van der Waals surface area contributed by atoms with Crippen LogP contribution in [0.1, 0.15) is 24.7 Å². The first-order valence-electron chi connectivity index (χ1n) is 8.84. The topological polar surface area (TPSA) is 63.0 Å². The number of rotatable bonds is 7. The lowest BCUT2D eigenvalue weighted by atomic mass is 10.1. The van der Waals surface area contributed by atoms with E-state index in [1.165, 1.54) is 0 Å². The molecule has 1 aliphatic rings. The van der Waals surface area contributed by atoms with Gasteiger partial charge in [0.25, 0.3) is 0 Å². The Labute approximate surface area is 153 Å². The number of hydrogen-bond acceptors (Lipinski definition) is 4. The van der Waals surface area contributed by atoms with Crippen molar-refractivity contribution in [3.05, 3.63) is 54.0 Å². The number of carbonyl (C=O) groups is 2. The summed E-state index contributed by atoms with van der Waals surface area (Å²) in [5.41, 5.74) is 0.960. The smallest absolute Gasteiger partial charge is 0.228 e. The third-order valence-electron chi connectivity index (χ3n) is 4.55. The predicted octanol–water partition coefficient (Wildman–Crippen LogP) is 2.69. The summed E-state index contributed by atoms with van der Waals surface area (Å²) in [7, 11) is 1.77. The standard InChI is InChI=1S/C20H24N2O4/c1-3-25-18-9-5-4-7-15(18)12-21(2)20(24)16-11-19(23)22(13-16)14-17-8-6-10-26-17/h4-10,16H,3,11-14H2,1-2H3. The van der Waals surface area contributed by atoms with Crippen molar-refractivity contribution in [3.8, 4) is 5.75 Å². The quantitative estimate of drug-likeness (QED) is 0.765. The van der Waals surface area contributed by atoms with Crippen molar-refractivity contribution in [1.82, 2.24) is 9.80 Å². The van der Waals surface area contributed by atoms with Crippen molar-refractivity contribution < 1.29 is 18.7 Å². The molecule has 26 heavy (non-hydrogen) atoms. The molecule has 1 aliphatic heterocycles. The number of ether oxygens (including phenoxy) is 1. The molecular weight excluding hydrogens is 332 g/mol. The molecule has 1 aromatic heterocycles. The molecule has 1 unspecified atom stereocenters. The van der Waals surface area contributed by atoms with Crippen LogP contribution in [0.2, 0.25) is 0 Å². The minimum absolute atomic E-state index is 0.0112. The Hall–Kier alpha value is -2.76. The van der Waals surface area contributed by atoms with E-state index in [1.54, 1.807) is 29.2 Å². The monoisotopic (exact) mass is 356 g/mol. The second kappa shape index (κ2) is 8.08. The maximum absolute atomic E-state index is 12.8. The molecule has 1 saturated heterocycles. The number of benzene rings is 1. The molecule has 1 atom stereocenters. The molecule has 0 aliphatic carbocycles. The minimum Gasteiger partial charge on any atom is -0.494 e. The van der Waals surface area contributed by atoms with Crippen LogP contribution in [0, 0.1) is 5.92 Å². The van der Waals surface area contributed by atoms with Crippen LogP contribution in [0.15, 0.2) is 47.1 Å². The van der Waals surface area contributed by atoms with Crippen LogP contribution in [-0.4, -0.2) is 41.8 Å². The van der Waals surface area contributed by atoms with Crippen molar-refractivity contribution in [3.63, 3.8) is 0 Å². The van der Waals surface area contributed by atoms with Crippen molar-refractivity contribution in [2.24, 2.45) is 5.92 Å². The van der Waals surface area contributed by atoms with Gasteiger partial charge in [-0.1, -0.05) is 18.2 Å². The van der Waals surface area contributed by atoms with Gasteiger partial charge in [0.2, 0.25) is 11.8 Å². The lowest BCUT2D eigenvalue weighted by Gasteiger charge is -2.22. The van der Waals surface area contributed by atoms with E-state index in [9.17, 15) is 9.59 Å². The summed E-state index contributed by atoms with van der Waals surface area (Å²) in [5.74, 6) is 1.17. The summed E-state index contributed by atoms with van der Waals surface area (Å²) in [6.07, 6.45) is 1.83. The number of amides is 2. The molecule has 2 aromatic rings. The Morgan fingerprint density at radius 1 is 1.31 bits per heavy atom. The highest BCUT2D eigenvalue weighted by Gasteiger charge is 2.36. The van der Waals surface area contributed by atoms with E-state index >= 15 is 0 Å². The Bertz CT molecular complexity index is 757. The van der Waals surface area contributed by atoms with Gasteiger partial charge < -0.3 is 19.0 Å². The highest BCUT2D eigenvalue weighted by atomic mass is 16.5. The summed E-state index contributed by atoms with van der Waals surface area (Å²) in [6, 6.07) is 11.3. The Balaban J connectivity index is 1.61. The van der Waals surface area contributed by atoms with Gasteiger partial charge in [0.1, 0.15) is 11.5 Å². The van der Waals surface area contributed by atoms with Crippen LogP contribution >= 0.6 is 0 Å². The maximum atomic E-state index is 12.8.